The largest absolute Gasteiger partial charge is 0.489 e. The Morgan fingerprint density at radius 3 is 2.89 bits per heavy atom. The van der Waals surface area contributed by atoms with Crippen LogP contribution in [0.25, 0.3) is 0 Å². The van der Waals surface area contributed by atoms with E-state index in [0.29, 0.717) is 22.8 Å². The summed E-state index contributed by atoms with van der Waals surface area (Å²) in [5.41, 5.74) is 6.05. The van der Waals surface area contributed by atoms with Crippen molar-refractivity contribution < 1.29 is 9.13 Å². The third-order valence-electron chi connectivity index (χ3n) is 2.41. The summed E-state index contributed by atoms with van der Waals surface area (Å²) in [6.07, 6.45) is 2.85. The Bertz CT molecular complexity index is 595. The Labute approximate surface area is 119 Å². The predicted molar refractivity (Wildman–Crippen MR) is 70.9 cm³/mol. The lowest BCUT2D eigenvalue weighted by molar-refractivity contribution is 0.321. The van der Waals surface area contributed by atoms with E-state index in [0.717, 1.165) is 0 Å². The van der Waals surface area contributed by atoms with Gasteiger partial charge in [0.25, 0.3) is 0 Å². The normalized spacial score (nSPS) is 10.5. The first-order valence-electron chi connectivity index (χ1n) is 5.34. The molecule has 4 nitrogen and oxygen atoms in total. The first-order valence-corrected chi connectivity index (χ1v) is 6.09. The lowest BCUT2D eigenvalue weighted by Gasteiger charge is -2.10. The summed E-state index contributed by atoms with van der Waals surface area (Å²) in [4.78, 5) is 0. The minimum atomic E-state index is -0.514. The fourth-order valence-corrected chi connectivity index (χ4v) is 2.03. The Kier molecular flexibility index (Phi) is 4.39. The molecule has 1 aromatic heterocycles. The molecule has 2 N–H and O–H groups in total. The van der Waals surface area contributed by atoms with Crippen molar-refractivity contribution in [3.05, 3.63) is 45.8 Å². The van der Waals surface area contributed by atoms with Crippen LogP contribution in [0, 0.1) is 12.0 Å². The average molecular weight is 301 g/mol. The number of benzene rings is 1. The monoisotopic (exact) mass is 300 g/mol. The van der Waals surface area contributed by atoms with Crippen molar-refractivity contribution in [2.75, 3.05) is 12.3 Å². The third kappa shape index (κ3) is 3.24. The van der Waals surface area contributed by atoms with Crippen molar-refractivity contribution in [1.29, 1.82) is 0 Å². The van der Waals surface area contributed by atoms with Crippen LogP contribution in [0.15, 0.2) is 18.2 Å². The van der Waals surface area contributed by atoms with Crippen LogP contribution >= 0.6 is 23.2 Å². The highest BCUT2D eigenvalue weighted by molar-refractivity contribution is 6.36. The van der Waals surface area contributed by atoms with Crippen LogP contribution in [-0.4, -0.2) is 16.8 Å². The number of anilines is 1. The van der Waals surface area contributed by atoms with Crippen molar-refractivity contribution in [3.63, 3.8) is 0 Å². The minimum Gasteiger partial charge on any atom is -0.489 e. The maximum absolute atomic E-state index is 13.3. The molecule has 7 heteroatoms. The molecule has 0 aliphatic rings. The van der Waals surface area contributed by atoms with E-state index in [4.69, 9.17) is 33.7 Å². The summed E-state index contributed by atoms with van der Waals surface area (Å²) in [5.74, 6) is 0.00771. The van der Waals surface area contributed by atoms with E-state index < -0.39 is 5.82 Å². The number of hydrogen-bond acceptors (Lipinski definition) is 4. The summed E-state index contributed by atoms with van der Waals surface area (Å²) >= 11 is 11.8. The lowest BCUT2D eigenvalue weighted by atomic mass is 10.1. The molecule has 1 radical (unpaired) electrons. The van der Waals surface area contributed by atoms with Gasteiger partial charge in [0, 0.05) is 17.5 Å². The fraction of sp³-hybridized carbons (Fsp3) is 0.167. The summed E-state index contributed by atoms with van der Waals surface area (Å²) in [6, 6.07) is 4.14. The quantitative estimate of drug-likeness (QED) is 0.882. The van der Waals surface area contributed by atoms with E-state index in [2.05, 4.69) is 16.4 Å². The standard InChI is InChI=1S/C12H9Cl2FN3O/c13-8-1-2-9(15)11(14)7(8)4-6-19-10-3-5-17-18-12(10)16/h1-3H,4,6H2,(H2,16,18). The van der Waals surface area contributed by atoms with Crippen LogP contribution in [0.4, 0.5) is 10.2 Å². The zero-order valence-corrected chi connectivity index (χ0v) is 11.2. The van der Waals surface area contributed by atoms with Crippen LogP contribution < -0.4 is 10.5 Å². The molecule has 0 atom stereocenters. The van der Waals surface area contributed by atoms with Gasteiger partial charge in [-0.25, -0.2) is 4.39 Å². The minimum absolute atomic E-state index is 0.00323. The molecule has 0 bridgehead atoms. The Balaban J connectivity index is 2.04. The van der Waals surface area contributed by atoms with Crippen molar-refractivity contribution in [1.82, 2.24) is 10.2 Å². The number of nitrogens with two attached hydrogens (primary N) is 1. The zero-order chi connectivity index (χ0) is 13.8. The highest BCUT2D eigenvalue weighted by Crippen LogP contribution is 2.28. The number of nitrogens with zero attached hydrogens (tertiary/aromatic N) is 2. The van der Waals surface area contributed by atoms with E-state index >= 15 is 0 Å². The van der Waals surface area contributed by atoms with E-state index in [1.54, 1.807) is 0 Å². The van der Waals surface area contributed by atoms with Gasteiger partial charge >= 0.3 is 0 Å². The number of ether oxygens (including phenoxy) is 1. The van der Waals surface area contributed by atoms with Crippen LogP contribution in [0.1, 0.15) is 5.56 Å². The van der Waals surface area contributed by atoms with Crippen LogP contribution in [-0.2, 0) is 6.42 Å². The molecule has 0 saturated heterocycles. The van der Waals surface area contributed by atoms with E-state index in [1.165, 1.54) is 18.2 Å². The van der Waals surface area contributed by atoms with Crippen LogP contribution in [0.5, 0.6) is 5.75 Å². The smallest absolute Gasteiger partial charge is 0.188 e. The molecule has 2 aromatic rings. The third-order valence-corrected chi connectivity index (χ3v) is 3.17. The summed E-state index contributed by atoms with van der Waals surface area (Å²) in [5, 5.41) is 7.46. The van der Waals surface area contributed by atoms with Gasteiger partial charge in [-0.1, -0.05) is 23.2 Å². The van der Waals surface area contributed by atoms with Gasteiger partial charge in [-0.2, -0.15) is 0 Å². The molecule has 0 amide bonds. The van der Waals surface area contributed by atoms with Gasteiger partial charge in [0.1, 0.15) is 12.0 Å². The van der Waals surface area contributed by atoms with Gasteiger partial charge in [-0.05, 0) is 17.7 Å². The molecular weight excluding hydrogens is 292 g/mol. The molecule has 0 saturated carbocycles. The number of aromatic nitrogens is 2. The van der Waals surface area contributed by atoms with Crippen LogP contribution in [0.3, 0.4) is 0 Å². The molecule has 0 spiro atoms. The second-order valence-electron chi connectivity index (χ2n) is 3.64. The highest BCUT2D eigenvalue weighted by Gasteiger charge is 2.11. The molecule has 0 unspecified atom stereocenters. The molecule has 99 valence electrons. The zero-order valence-electron chi connectivity index (χ0n) is 9.66. The van der Waals surface area contributed by atoms with Crippen LogP contribution in [0.2, 0.25) is 10.0 Å². The highest BCUT2D eigenvalue weighted by atomic mass is 35.5. The lowest BCUT2D eigenvalue weighted by Crippen LogP contribution is -2.06. The molecule has 19 heavy (non-hydrogen) atoms. The SMILES string of the molecule is Nc1nn[c]cc1OCCc1c(Cl)ccc(F)c1Cl. The van der Waals surface area contributed by atoms with Crippen molar-refractivity contribution in [3.8, 4) is 5.75 Å². The molecular formula is C12H9Cl2FN3O. The van der Waals surface area contributed by atoms with Gasteiger partial charge in [0.15, 0.2) is 11.6 Å². The topological polar surface area (TPSA) is 61.0 Å². The van der Waals surface area contributed by atoms with E-state index in [9.17, 15) is 4.39 Å². The molecule has 2 rings (SSSR count). The van der Waals surface area contributed by atoms with Gasteiger partial charge in [0.05, 0.1) is 11.6 Å². The summed E-state index contributed by atoms with van der Waals surface area (Å²) < 4.78 is 18.7. The Morgan fingerprint density at radius 2 is 2.16 bits per heavy atom. The van der Waals surface area contributed by atoms with Crippen molar-refractivity contribution in [2.24, 2.45) is 0 Å². The second-order valence-corrected chi connectivity index (χ2v) is 4.43. The number of halogens is 3. The second kappa shape index (κ2) is 6.04. The van der Waals surface area contributed by atoms with E-state index in [-0.39, 0.29) is 17.4 Å². The summed E-state index contributed by atoms with van der Waals surface area (Å²) in [7, 11) is 0. The molecule has 0 fully saturated rings. The maximum Gasteiger partial charge on any atom is 0.188 e. The summed E-state index contributed by atoms with van der Waals surface area (Å²) in [6.45, 7) is 0.229. The Hall–Kier alpha value is -1.59. The van der Waals surface area contributed by atoms with Crippen molar-refractivity contribution >= 4 is 29.0 Å². The maximum atomic E-state index is 13.3. The number of rotatable bonds is 4. The van der Waals surface area contributed by atoms with Gasteiger partial charge in [-0.3, -0.25) is 0 Å². The Morgan fingerprint density at radius 1 is 1.37 bits per heavy atom. The van der Waals surface area contributed by atoms with Gasteiger partial charge < -0.3 is 10.5 Å². The molecule has 1 heterocycles. The van der Waals surface area contributed by atoms with Crippen molar-refractivity contribution in [2.45, 2.75) is 6.42 Å². The number of nitrogen functional groups attached to an aromatic ring is 1. The fourth-order valence-electron chi connectivity index (χ4n) is 1.47. The first-order chi connectivity index (χ1) is 9.09. The predicted octanol–water partition coefficient (Wildman–Crippen LogP) is 2.93. The van der Waals surface area contributed by atoms with Gasteiger partial charge in [0.2, 0.25) is 0 Å². The molecule has 0 aliphatic carbocycles. The number of hydrogen-bond donors (Lipinski definition) is 1. The first kappa shape index (κ1) is 13.8. The van der Waals surface area contributed by atoms with E-state index in [1.807, 2.05) is 0 Å². The molecule has 1 aromatic carbocycles. The van der Waals surface area contributed by atoms with Gasteiger partial charge in [-0.15, -0.1) is 10.2 Å². The molecule has 0 aliphatic heterocycles. The average Bonchev–Trinajstić information content (AvgIpc) is 2.40.